The molecule has 0 N–H and O–H groups in total. The fourth-order valence-corrected chi connectivity index (χ4v) is 4.45. The van der Waals surface area contributed by atoms with Gasteiger partial charge in [-0.25, -0.2) is 0 Å². The minimum atomic E-state index is -0.296. The Balaban J connectivity index is 1.31. The van der Waals surface area contributed by atoms with Crippen LogP contribution in [0.3, 0.4) is 0 Å². The highest BCUT2D eigenvalue weighted by atomic mass is 16.7. The lowest BCUT2D eigenvalue weighted by Gasteiger charge is -2.26. The molecule has 0 spiro atoms. The smallest absolute Gasteiger partial charge is 0.232 e. The van der Waals surface area contributed by atoms with Crippen molar-refractivity contribution in [3.05, 3.63) is 53.6 Å². The van der Waals surface area contributed by atoms with Gasteiger partial charge in [-0.2, -0.15) is 0 Å². The van der Waals surface area contributed by atoms with Gasteiger partial charge in [0.1, 0.15) is 0 Å². The number of likely N-dealkylation sites (tertiary alicyclic amines) is 1. The molecule has 2 aromatic rings. The number of hydrogen-bond acceptors (Lipinski definition) is 4. The van der Waals surface area contributed by atoms with E-state index in [1.807, 2.05) is 41.3 Å². The Labute approximate surface area is 163 Å². The highest BCUT2D eigenvalue weighted by molar-refractivity contribution is 6.01. The lowest BCUT2D eigenvalue weighted by molar-refractivity contribution is -0.129. The van der Waals surface area contributed by atoms with Crippen LogP contribution in [-0.2, 0) is 22.6 Å². The highest BCUT2D eigenvalue weighted by Crippen LogP contribution is 2.36. The standard InChI is InChI=1S/C22H22N2O4/c1-14-8-16-4-2-3-5-18(16)24(14)22(26)17-10-21(25)23(12-17)11-15-6-7-19-20(9-15)28-13-27-19/h2-7,9,14,17H,8,10-13H2,1H3. The van der Waals surface area contributed by atoms with E-state index in [1.165, 1.54) is 5.56 Å². The Morgan fingerprint density at radius 3 is 2.82 bits per heavy atom. The predicted molar refractivity (Wildman–Crippen MR) is 103 cm³/mol. The van der Waals surface area contributed by atoms with Crippen molar-refractivity contribution in [2.75, 3.05) is 18.2 Å². The van der Waals surface area contributed by atoms with E-state index in [1.54, 1.807) is 4.90 Å². The molecule has 0 aromatic heterocycles. The number of rotatable bonds is 3. The molecule has 28 heavy (non-hydrogen) atoms. The van der Waals surface area contributed by atoms with Gasteiger partial charge in [-0.15, -0.1) is 0 Å². The molecule has 6 heteroatoms. The number of benzene rings is 2. The summed E-state index contributed by atoms with van der Waals surface area (Å²) in [7, 11) is 0. The Morgan fingerprint density at radius 1 is 1.11 bits per heavy atom. The Morgan fingerprint density at radius 2 is 1.93 bits per heavy atom. The molecule has 2 aromatic carbocycles. The van der Waals surface area contributed by atoms with Crippen molar-refractivity contribution in [2.45, 2.75) is 32.4 Å². The number of fused-ring (bicyclic) bond motifs is 2. The zero-order valence-corrected chi connectivity index (χ0v) is 15.8. The lowest BCUT2D eigenvalue weighted by atomic mass is 10.1. The third-order valence-corrected chi connectivity index (χ3v) is 5.82. The molecule has 5 rings (SSSR count). The third-order valence-electron chi connectivity index (χ3n) is 5.82. The van der Waals surface area contributed by atoms with Gasteiger partial charge in [0.2, 0.25) is 18.6 Å². The van der Waals surface area contributed by atoms with Crippen LogP contribution in [0.15, 0.2) is 42.5 Å². The molecule has 0 radical (unpaired) electrons. The van der Waals surface area contributed by atoms with Crippen LogP contribution in [0.25, 0.3) is 0 Å². The molecule has 6 nitrogen and oxygen atoms in total. The van der Waals surface area contributed by atoms with Crippen molar-refractivity contribution in [2.24, 2.45) is 5.92 Å². The second-order valence-electron chi connectivity index (χ2n) is 7.75. The Kier molecular flexibility index (Phi) is 4.00. The van der Waals surface area contributed by atoms with Gasteiger partial charge in [0.05, 0.1) is 5.92 Å². The fourth-order valence-electron chi connectivity index (χ4n) is 4.45. The maximum absolute atomic E-state index is 13.2. The molecule has 3 aliphatic rings. The van der Waals surface area contributed by atoms with Crippen molar-refractivity contribution < 1.29 is 19.1 Å². The van der Waals surface area contributed by atoms with Crippen molar-refractivity contribution in [1.82, 2.24) is 4.90 Å². The molecule has 3 heterocycles. The van der Waals surface area contributed by atoms with Gasteiger partial charge in [-0.05, 0) is 42.7 Å². The summed E-state index contributed by atoms with van der Waals surface area (Å²) < 4.78 is 10.8. The van der Waals surface area contributed by atoms with Crippen LogP contribution in [-0.4, -0.2) is 36.1 Å². The van der Waals surface area contributed by atoms with E-state index in [2.05, 4.69) is 13.0 Å². The van der Waals surface area contributed by atoms with Crippen LogP contribution in [0.2, 0.25) is 0 Å². The fraction of sp³-hybridized carbons (Fsp3) is 0.364. The SMILES string of the molecule is CC1Cc2ccccc2N1C(=O)C1CC(=O)N(Cc2ccc3c(c2)OCO3)C1. The summed E-state index contributed by atoms with van der Waals surface area (Å²) in [6.07, 6.45) is 1.14. The molecular weight excluding hydrogens is 356 g/mol. The van der Waals surface area contributed by atoms with E-state index in [9.17, 15) is 9.59 Å². The number of nitrogens with zero attached hydrogens (tertiary/aromatic N) is 2. The van der Waals surface area contributed by atoms with Gasteiger partial charge >= 0.3 is 0 Å². The molecule has 2 unspecified atom stereocenters. The quantitative estimate of drug-likeness (QED) is 0.824. The van der Waals surface area contributed by atoms with Gasteiger partial charge in [-0.1, -0.05) is 24.3 Å². The molecule has 144 valence electrons. The number of para-hydroxylation sites is 1. The summed E-state index contributed by atoms with van der Waals surface area (Å²) in [6, 6.07) is 13.9. The van der Waals surface area contributed by atoms with Crippen molar-refractivity contribution in [1.29, 1.82) is 0 Å². The van der Waals surface area contributed by atoms with Gasteiger partial charge < -0.3 is 19.3 Å². The van der Waals surface area contributed by atoms with Crippen LogP contribution in [0.4, 0.5) is 5.69 Å². The molecule has 3 aliphatic heterocycles. The number of hydrogen-bond donors (Lipinski definition) is 0. The number of carbonyl (C=O) groups is 2. The maximum Gasteiger partial charge on any atom is 0.232 e. The Bertz CT molecular complexity index is 957. The van der Waals surface area contributed by atoms with E-state index in [0.717, 1.165) is 23.4 Å². The van der Waals surface area contributed by atoms with E-state index in [0.29, 0.717) is 18.8 Å². The second-order valence-corrected chi connectivity index (χ2v) is 7.75. The number of ether oxygens (including phenoxy) is 2. The van der Waals surface area contributed by atoms with E-state index in [-0.39, 0.29) is 37.0 Å². The van der Waals surface area contributed by atoms with Crippen LogP contribution in [0.1, 0.15) is 24.5 Å². The third kappa shape index (κ3) is 2.80. The molecule has 0 saturated carbocycles. The highest BCUT2D eigenvalue weighted by Gasteiger charge is 2.40. The minimum Gasteiger partial charge on any atom is -0.454 e. The molecule has 1 fully saturated rings. The topological polar surface area (TPSA) is 59.1 Å². The molecular formula is C22H22N2O4. The first-order valence-electron chi connectivity index (χ1n) is 9.67. The summed E-state index contributed by atoms with van der Waals surface area (Å²) in [4.78, 5) is 29.5. The number of anilines is 1. The van der Waals surface area contributed by atoms with Crippen LogP contribution in [0, 0.1) is 5.92 Å². The zero-order chi connectivity index (χ0) is 19.3. The van der Waals surface area contributed by atoms with Crippen molar-refractivity contribution >= 4 is 17.5 Å². The minimum absolute atomic E-state index is 0.0242. The van der Waals surface area contributed by atoms with E-state index in [4.69, 9.17) is 9.47 Å². The lowest BCUT2D eigenvalue weighted by Crippen LogP contribution is -2.41. The average molecular weight is 378 g/mol. The van der Waals surface area contributed by atoms with Gasteiger partial charge in [-0.3, -0.25) is 9.59 Å². The van der Waals surface area contributed by atoms with E-state index < -0.39 is 0 Å². The van der Waals surface area contributed by atoms with Gasteiger partial charge in [0.25, 0.3) is 0 Å². The first-order valence-corrected chi connectivity index (χ1v) is 9.67. The summed E-state index contributed by atoms with van der Waals surface area (Å²) in [5, 5.41) is 0. The van der Waals surface area contributed by atoms with Crippen molar-refractivity contribution in [3.63, 3.8) is 0 Å². The largest absolute Gasteiger partial charge is 0.454 e. The monoisotopic (exact) mass is 378 g/mol. The van der Waals surface area contributed by atoms with Crippen molar-refractivity contribution in [3.8, 4) is 11.5 Å². The van der Waals surface area contributed by atoms with Crippen LogP contribution < -0.4 is 14.4 Å². The predicted octanol–water partition coefficient (Wildman–Crippen LogP) is 2.74. The summed E-state index contributed by atoms with van der Waals surface area (Å²) in [6.45, 7) is 3.23. The Hall–Kier alpha value is -3.02. The average Bonchev–Trinajstić information content (AvgIpc) is 3.37. The molecule has 2 amide bonds. The first-order chi connectivity index (χ1) is 13.6. The summed E-state index contributed by atoms with van der Waals surface area (Å²) >= 11 is 0. The summed E-state index contributed by atoms with van der Waals surface area (Å²) in [5.41, 5.74) is 3.16. The van der Waals surface area contributed by atoms with E-state index >= 15 is 0 Å². The zero-order valence-electron chi connectivity index (χ0n) is 15.8. The molecule has 1 saturated heterocycles. The van der Waals surface area contributed by atoms with Crippen LogP contribution >= 0.6 is 0 Å². The molecule has 0 bridgehead atoms. The van der Waals surface area contributed by atoms with Gasteiger partial charge in [0.15, 0.2) is 11.5 Å². The summed E-state index contributed by atoms with van der Waals surface area (Å²) in [5.74, 6) is 1.22. The second kappa shape index (κ2) is 6.55. The normalized spacial score (nSPS) is 22.7. The number of amides is 2. The van der Waals surface area contributed by atoms with Crippen LogP contribution in [0.5, 0.6) is 11.5 Å². The molecule has 0 aliphatic carbocycles. The van der Waals surface area contributed by atoms with Gasteiger partial charge in [0, 0.05) is 31.2 Å². The number of carbonyl (C=O) groups excluding carboxylic acids is 2. The maximum atomic E-state index is 13.2. The first kappa shape index (κ1) is 17.1. The molecule has 2 atom stereocenters.